The molecule has 1 unspecified atom stereocenters. The molecule has 1 aromatic heterocycles. The summed E-state index contributed by atoms with van der Waals surface area (Å²) in [5, 5.41) is 7.24. The van der Waals surface area contributed by atoms with Crippen LogP contribution in [0.5, 0.6) is 0 Å². The summed E-state index contributed by atoms with van der Waals surface area (Å²) in [6.07, 6.45) is -1.06. The van der Waals surface area contributed by atoms with E-state index in [4.69, 9.17) is 0 Å². The largest absolute Gasteiger partial charge is 0.390 e. The highest BCUT2D eigenvalue weighted by Crippen LogP contribution is 2.21. The minimum absolute atomic E-state index is 0.362. The Balaban J connectivity index is 2.46. The first-order valence-electron chi connectivity index (χ1n) is 6.69. The van der Waals surface area contributed by atoms with Crippen LogP contribution in [0, 0.1) is 0 Å². The Hall–Kier alpha value is -1.04. The molecule has 1 N–H and O–H groups in total. The molecule has 0 spiro atoms. The van der Waals surface area contributed by atoms with Gasteiger partial charge in [-0.1, -0.05) is 13.8 Å². The third kappa shape index (κ3) is 5.63. The van der Waals surface area contributed by atoms with Crippen molar-refractivity contribution in [1.82, 2.24) is 15.1 Å². The Bertz CT molecular complexity index is 369. The fourth-order valence-corrected chi connectivity index (χ4v) is 2.04. The van der Waals surface area contributed by atoms with E-state index in [0.29, 0.717) is 12.6 Å². The smallest absolute Gasteiger partial charge is 0.308 e. The van der Waals surface area contributed by atoms with Crippen LogP contribution in [0.2, 0.25) is 0 Å². The molecule has 0 aliphatic rings. The minimum Gasteiger partial charge on any atom is -0.308 e. The quantitative estimate of drug-likeness (QED) is 0.824. The first-order valence-corrected chi connectivity index (χ1v) is 6.69. The summed E-state index contributed by atoms with van der Waals surface area (Å²) in [4.78, 5) is 0. The second-order valence-corrected chi connectivity index (χ2v) is 4.86. The highest BCUT2D eigenvalue weighted by Gasteiger charge is 2.29. The lowest BCUT2D eigenvalue weighted by Crippen LogP contribution is -2.30. The number of hydrogen-bond donors (Lipinski definition) is 1. The molecule has 3 nitrogen and oxygen atoms in total. The van der Waals surface area contributed by atoms with Crippen LogP contribution in [0.3, 0.4) is 0 Å². The van der Waals surface area contributed by atoms with Gasteiger partial charge in [-0.2, -0.15) is 18.3 Å². The molecular weight excluding hydrogens is 255 g/mol. The zero-order chi connectivity index (χ0) is 14.5. The number of aromatic nitrogens is 2. The Morgan fingerprint density at radius 1 is 1.32 bits per heavy atom. The maximum absolute atomic E-state index is 12.2. The van der Waals surface area contributed by atoms with Gasteiger partial charge in [0.2, 0.25) is 0 Å². The van der Waals surface area contributed by atoms with Crippen LogP contribution in [0.1, 0.15) is 51.8 Å². The van der Waals surface area contributed by atoms with E-state index < -0.39 is 18.6 Å². The summed E-state index contributed by atoms with van der Waals surface area (Å²) in [6.45, 7) is 6.09. The average molecular weight is 277 g/mol. The number of nitrogens with one attached hydrogen (secondary N) is 1. The summed E-state index contributed by atoms with van der Waals surface area (Å²) < 4.78 is 38.4. The molecule has 0 bridgehead atoms. The van der Waals surface area contributed by atoms with Gasteiger partial charge in [-0.05, 0) is 25.8 Å². The van der Waals surface area contributed by atoms with Crippen LogP contribution in [0.4, 0.5) is 13.2 Å². The van der Waals surface area contributed by atoms with Crippen molar-refractivity contribution in [2.75, 3.05) is 0 Å². The van der Waals surface area contributed by atoms with Crippen LogP contribution in [0.15, 0.2) is 12.3 Å². The van der Waals surface area contributed by atoms with Gasteiger partial charge in [-0.3, -0.25) is 4.68 Å². The van der Waals surface area contributed by atoms with Crippen LogP contribution in [-0.4, -0.2) is 22.0 Å². The van der Waals surface area contributed by atoms with Crippen LogP contribution in [-0.2, 0) is 6.54 Å². The molecule has 0 saturated carbocycles. The van der Waals surface area contributed by atoms with Gasteiger partial charge in [0.25, 0.3) is 0 Å². The fraction of sp³-hybridized carbons (Fsp3) is 0.769. The highest BCUT2D eigenvalue weighted by atomic mass is 19.4. The summed E-state index contributed by atoms with van der Waals surface area (Å²) in [5.74, 6) is 0. The van der Waals surface area contributed by atoms with Crippen LogP contribution >= 0.6 is 0 Å². The first-order chi connectivity index (χ1) is 8.85. The third-order valence-electron chi connectivity index (χ3n) is 3.15. The van der Waals surface area contributed by atoms with Crippen molar-refractivity contribution in [1.29, 1.82) is 0 Å². The zero-order valence-corrected chi connectivity index (χ0v) is 11.7. The number of alkyl halides is 3. The van der Waals surface area contributed by atoms with Gasteiger partial charge in [0.1, 0.15) is 0 Å². The molecular formula is C13H22F3N3. The van der Waals surface area contributed by atoms with Crippen molar-refractivity contribution in [3.8, 4) is 0 Å². The monoisotopic (exact) mass is 277 g/mol. The van der Waals surface area contributed by atoms with Crippen LogP contribution < -0.4 is 5.32 Å². The second kappa shape index (κ2) is 6.93. The lowest BCUT2D eigenvalue weighted by atomic mass is 10.2. The van der Waals surface area contributed by atoms with E-state index in [2.05, 4.69) is 24.3 Å². The summed E-state index contributed by atoms with van der Waals surface area (Å²) in [5.41, 5.74) is 0.779. The third-order valence-corrected chi connectivity index (χ3v) is 3.15. The molecule has 1 rings (SSSR count). The maximum atomic E-state index is 12.2. The molecule has 1 heterocycles. The van der Waals surface area contributed by atoms with Gasteiger partial charge < -0.3 is 5.32 Å². The van der Waals surface area contributed by atoms with Crippen molar-refractivity contribution < 1.29 is 13.2 Å². The standard InChI is InChI=1S/C13H22F3N3/c1-4-12(5-2)19-7-6-11(18-19)9-17-10(3)8-13(14,15)16/h6-7,10,12,17H,4-5,8-9H2,1-3H3. The lowest BCUT2D eigenvalue weighted by Gasteiger charge is -2.15. The summed E-state index contributed by atoms with van der Waals surface area (Å²) in [6, 6.07) is 1.62. The van der Waals surface area contributed by atoms with Gasteiger partial charge in [-0.25, -0.2) is 0 Å². The Labute approximate surface area is 112 Å². The van der Waals surface area contributed by atoms with E-state index >= 15 is 0 Å². The summed E-state index contributed by atoms with van der Waals surface area (Å²) in [7, 11) is 0. The summed E-state index contributed by atoms with van der Waals surface area (Å²) >= 11 is 0. The number of hydrogen-bond acceptors (Lipinski definition) is 2. The van der Waals surface area contributed by atoms with Crippen molar-refractivity contribution >= 4 is 0 Å². The molecule has 0 aromatic carbocycles. The predicted molar refractivity (Wildman–Crippen MR) is 68.8 cm³/mol. The second-order valence-electron chi connectivity index (χ2n) is 4.86. The normalized spacial score (nSPS) is 14.1. The molecule has 0 saturated heterocycles. The fourth-order valence-electron chi connectivity index (χ4n) is 2.04. The molecule has 1 aromatic rings. The molecule has 110 valence electrons. The maximum Gasteiger partial charge on any atom is 0.390 e. The SMILES string of the molecule is CCC(CC)n1ccc(CNC(C)CC(F)(F)F)n1. The average Bonchev–Trinajstić information content (AvgIpc) is 2.75. The molecule has 0 aliphatic heterocycles. The van der Waals surface area contributed by atoms with E-state index in [0.717, 1.165) is 18.5 Å². The molecule has 6 heteroatoms. The lowest BCUT2D eigenvalue weighted by molar-refractivity contribution is -0.139. The van der Waals surface area contributed by atoms with Crippen molar-refractivity contribution in [2.24, 2.45) is 0 Å². The predicted octanol–water partition coefficient (Wildman–Crippen LogP) is 3.67. The van der Waals surface area contributed by atoms with Gasteiger partial charge in [-0.15, -0.1) is 0 Å². The van der Waals surface area contributed by atoms with Crippen molar-refractivity contribution in [3.63, 3.8) is 0 Å². The van der Waals surface area contributed by atoms with Gasteiger partial charge >= 0.3 is 6.18 Å². The van der Waals surface area contributed by atoms with Crippen molar-refractivity contribution in [3.05, 3.63) is 18.0 Å². The van der Waals surface area contributed by atoms with E-state index in [1.54, 1.807) is 0 Å². The van der Waals surface area contributed by atoms with Gasteiger partial charge in [0, 0.05) is 18.8 Å². The van der Waals surface area contributed by atoms with E-state index in [-0.39, 0.29) is 0 Å². The van der Waals surface area contributed by atoms with Gasteiger partial charge in [0.05, 0.1) is 18.2 Å². The van der Waals surface area contributed by atoms with Crippen LogP contribution in [0.25, 0.3) is 0 Å². The number of nitrogens with zero attached hydrogens (tertiary/aromatic N) is 2. The molecule has 19 heavy (non-hydrogen) atoms. The van der Waals surface area contributed by atoms with E-state index in [1.807, 2.05) is 16.9 Å². The zero-order valence-electron chi connectivity index (χ0n) is 11.7. The Morgan fingerprint density at radius 3 is 2.47 bits per heavy atom. The molecule has 0 aliphatic carbocycles. The first kappa shape index (κ1) is 16.0. The van der Waals surface area contributed by atoms with E-state index in [9.17, 15) is 13.2 Å². The number of halogens is 3. The topological polar surface area (TPSA) is 29.9 Å². The van der Waals surface area contributed by atoms with Gasteiger partial charge in [0.15, 0.2) is 0 Å². The Morgan fingerprint density at radius 2 is 1.95 bits per heavy atom. The molecule has 0 fully saturated rings. The van der Waals surface area contributed by atoms with Crippen molar-refractivity contribution in [2.45, 2.75) is 64.8 Å². The molecule has 1 atom stereocenters. The highest BCUT2D eigenvalue weighted by molar-refractivity contribution is 4.99. The number of rotatable bonds is 7. The minimum atomic E-state index is -4.12. The Kier molecular flexibility index (Phi) is 5.85. The van der Waals surface area contributed by atoms with E-state index in [1.165, 1.54) is 6.92 Å². The molecule has 0 amide bonds. The molecule has 0 radical (unpaired) electrons.